The number of fused-ring (bicyclic) bond motifs is 1. The maximum Gasteiger partial charge on any atom is 0.315 e. The molecule has 2 fully saturated rings. The van der Waals surface area contributed by atoms with Crippen LogP contribution in [0.4, 0.5) is 4.79 Å². The highest BCUT2D eigenvalue weighted by Crippen LogP contribution is 2.43. The molecule has 1 heterocycles. The monoisotopic (exact) mass is 186 g/mol. The first-order valence-electron chi connectivity index (χ1n) is 4.56. The lowest BCUT2D eigenvalue weighted by molar-refractivity contribution is 0.156. The summed E-state index contributed by atoms with van der Waals surface area (Å²) in [5.41, 5.74) is 0. The fraction of sp³-hybridized carbons (Fsp3) is 0.875. The Morgan fingerprint density at radius 2 is 2.15 bits per heavy atom. The smallest absolute Gasteiger partial charge is 0.315 e. The van der Waals surface area contributed by atoms with Crippen LogP contribution in [0.5, 0.6) is 0 Å². The predicted molar refractivity (Wildman–Crippen MR) is 45.2 cm³/mol. The number of ether oxygens (including phenoxy) is 1. The van der Waals surface area contributed by atoms with E-state index in [9.17, 15) is 4.79 Å². The van der Waals surface area contributed by atoms with Gasteiger partial charge in [0, 0.05) is 24.4 Å². The third-order valence-corrected chi connectivity index (χ3v) is 2.65. The highest BCUT2D eigenvalue weighted by molar-refractivity contribution is 5.74. The largest absolute Gasteiger partial charge is 0.395 e. The van der Waals surface area contributed by atoms with Crippen molar-refractivity contribution in [3.8, 4) is 0 Å². The first-order chi connectivity index (χ1) is 6.33. The number of aliphatic hydroxyl groups excluding tert-OH is 1. The highest BCUT2D eigenvalue weighted by Gasteiger charge is 2.54. The van der Waals surface area contributed by atoms with Gasteiger partial charge in [0.25, 0.3) is 0 Å². The van der Waals surface area contributed by atoms with E-state index in [1.165, 1.54) is 0 Å². The van der Waals surface area contributed by atoms with Crippen molar-refractivity contribution in [1.29, 1.82) is 0 Å². The number of amides is 2. The molecule has 0 bridgehead atoms. The molecule has 2 amide bonds. The number of aliphatic hydroxyl groups is 1. The van der Waals surface area contributed by atoms with Crippen molar-refractivity contribution < 1.29 is 14.6 Å². The molecule has 0 aromatic carbocycles. The van der Waals surface area contributed by atoms with Crippen molar-refractivity contribution in [3.63, 3.8) is 0 Å². The number of hydrogen-bond acceptors (Lipinski definition) is 3. The predicted octanol–water partition coefficient (Wildman–Crippen LogP) is -1.08. The average molecular weight is 186 g/mol. The first-order valence-corrected chi connectivity index (χ1v) is 4.56. The Hall–Kier alpha value is -0.810. The van der Waals surface area contributed by atoms with Crippen LogP contribution in [0, 0.1) is 11.8 Å². The number of nitrogens with one attached hydrogen (secondary N) is 2. The van der Waals surface area contributed by atoms with Crippen molar-refractivity contribution in [2.45, 2.75) is 6.04 Å². The van der Waals surface area contributed by atoms with Gasteiger partial charge in [0.05, 0.1) is 19.8 Å². The number of urea groups is 1. The number of hydrogen-bond donors (Lipinski definition) is 3. The van der Waals surface area contributed by atoms with Gasteiger partial charge in [-0.05, 0) is 0 Å². The molecule has 2 aliphatic rings. The molecule has 1 saturated carbocycles. The van der Waals surface area contributed by atoms with Gasteiger partial charge in [-0.1, -0.05) is 0 Å². The lowest BCUT2D eigenvalue weighted by atomic mass is 10.4. The quantitative estimate of drug-likeness (QED) is 0.525. The van der Waals surface area contributed by atoms with Crippen LogP contribution in [-0.2, 0) is 4.74 Å². The molecule has 1 saturated heterocycles. The second-order valence-corrected chi connectivity index (χ2v) is 3.51. The summed E-state index contributed by atoms with van der Waals surface area (Å²) in [6, 6.07) is 0.112. The molecule has 2 rings (SSSR count). The van der Waals surface area contributed by atoms with Gasteiger partial charge in [0.1, 0.15) is 0 Å². The van der Waals surface area contributed by atoms with E-state index in [1.807, 2.05) is 0 Å². The average Bonchev–Trinajstić information content (AvgIpc) is 2.63. The van der Waals surface area contributed by atoms with Crippen molar-refractivity contribution in [2.24, 2.45) is 11.8 Å². The molecule has 1 aliphatic carbocycles. The molecule has 0 aromatic heterocycles. The molecule has 0 radical (unpaired) electrons. The Morgan fingerprint density at radius 3 is 2.77 bits per heavy atom. The lowest BCUT2D eigenvalue weighted by Crippen LogP contribution is -2.40. The van der Waals surface area contributed by atoms with Crippen LogP contribution in [0.25, 0.3) is 0 Å². The van der Waals surface area contributed by atoms with Gasteiger partial charge in [0.2, 0.25) is 0 Å². The topological polar surface area (TPSA) is 70.6 Å². The van der Waals surface area contributed by atoms with Crippen LogP contribution >= 0.6 is 0 Å². The SMILES string of the molecule is O=C(NCCO)NC1[C@H]2COC[C@@H]12. The molecule has 3 atom stereocenters. The molecule has 13 heavy (non-hydrogen) atoms. The number of carbonyl (C=O) groups excluding carboxylic acids is 1. The van der Waals surface area contributed by atoms with E-state index in [2.05, 4.69) is 10.6 Å². The summed E-state index contributed by atoms with van der Waals surface area (Å²) in [7, 11) is 0. The van der Waals surface area contributed by atoms with E-state index in [1.54, 1.807) is 0 Å². The van der Waals surface area contributed by atoms with Gasteiger partial charge < -0.3 is 20.5 Å². The lowest BCUT2D eigenvalue weighted by Gasteiger charge is -2.07. The minimum absolute atomic E-state index is 0.0198. The van der Waals surface area contributed by atoms with Gasteiger partial charge in [-0.3, -0.25) is 0 Å². The molecule has 1 aliphatic heterocycles. The minimum Gasteiger partial charge on any atom is -0.395 e. The molecular weight excluding hydrogens is 172 g/mol. The fourth-order valence-corrected chi connectivity index (χ4v) is 1.83. The minimum atomic E-state index is -0.187. The first kappa shape index (κ1) is 8.77. The van der Waals surface area contributed by atoms with E-state index in [0.29, 0.717) is 24.4 Å². The van der Waals surface area contributed by atoms with E-state index < -0.39 is 0 Å². The zero-order valence-electron chi connectivity index (χ0n) is 7.32. The highest BCUT2D eigenvalue weighted by atomic mass is 16.5. The van der Waals surface area contributed by atoms with Crippen LogP contribution in [0.2, 0.25) is 0 Å². The Morgan fingerprint density at radius 1 is 1.46 bits per heavy atom. The molecule has 5 nitrogen and oxygen atoms in total. The standard InChI is InChI=1S/C8H14N2O3/c11-2-1-9-8(12)10-7-5-3-13-4-6(5)7/h5-7,11H,1-4H2,(H2,9,10,12)/t5-,6+,7?. The van der Waals surface area contributed by atoms with Crippen LogP contribution in [-0.4, -0.2) is 43.5 Å². The molecule has 1 unspecified atom stereocenters. The maximum absolute atomic E-state index is 11.1. The van der Waals surface area contributed by atoms with Crippen LogP contribution in [0.1, 0.15) is 0 Å². The van der Waals surface area contributed by atoms with Crippen LogP contribution in [0.3, 0.4) is 0 Å². The number of rotatable bonds is 3. The Labute approximate surface area is 76.5 Å². The van der Waals surface area contributed by atoms with E-state index in [4.69, 9.17) is 9.84 Å². The third-order valence-electron chi connectivity index (χ3n) is 2.65. The van der Waals surface area contributed by atoms with Gasteiger partial charge in [-0.2, -0.15) is 0 Å². The summed E-state index contributed by atoms with van der Waals surface area (Å²) in [4.78, 5) is 11.1. The van der Waals surface area contributed by atoms with Gasteiger partial charge >= 0.3 is 6.03 Å². The molecular formula is C8H14N2O3. The van der Waals surface area contributed by atoms with E-state index >= 15 is 0 Å². The summed E-state index contributed by atoms with van der Waals surface area (Å²) in [6.45, 7) is 1.84. The second kappa shape index (κ2) is 3.51. The zero-order valence-corrected chi connectivity index (χ0v) is 7.32. The molecule has 0 spiro atoms. The van der Waals surface area contributed by atoms with Gasteiger partial charge in [0.15, 0.2) is 0 Å². The molecule has 74 valence electrons. The van der Waals surface area contributed by atoms with Gasteiger partial charge in [-0.25, -0.2) is 4.79 Å². The maximum atomic E-state index is 11.1. The Balaban J connectivity index is 1.65. The van der Waals surface area contributed by atoms with E-state index in [0.717, 1.165) is 13.2 Å². The van der Waals surface area contributed by atoms with E-state index in [-0.39, 0.29) is 12.6 Å². The van der Waals surface area contributed by atoms with Gasteiger partial charge in [-0.15, -0.1) is 0 Å². The summed E-state index contributed by atoms with van der Waals surface area (Å²) in [6.07, 6.45) is 0. The van der Waals surface area contributed by atoms with Crippen LogP contribution in [0.15, 0.2) is 0 Å². The van der Waals surface area contributed by atoms with Crippen molar-refractivity contribution >= 4 is 6.03 Å². The Kier molecular flexibility index (Phi) is 2.37. The zero-order chi connectivity index (χ0) is 9.26. The molecule has 5 heteroatoms. The summed E-state index contributed by atoms with van der Waals surface area (Å²) >= 11 is 0. The normalized spacial score (nSPS) is 35.3. The van der Waals surface area contributed by atoms with Crippen molar-refractivity contribution in [2.75, 3.05) is 26.4 Å². The molecule has 3 N–H and O–H groups in total. The molecule has 0 aromatic rings. The van der Waals surface area contributed by atoms with Crippen molar-refractivity contribution in [3.05, 3.63) is 0 Å². The fourth-order valence-electron chi connectivity index (χ4n) is 1.83. The Bertz CT molecular complexity index is 200. The second-order valence-electron chi connectivity index (χ2n) is 3.51. The van der Waals surface area contributed by atoms with Crippen molar-refractivity contribution in [1.82, 2.24) is 10.6 Å². The summed E-state index contributed by atoms with van der Waals surface area (Å²) in [5.74, 6) is 1.06. The summed E-state index contributed by atoms with van der Waals surface area (Å²) < 4.78 is 5.19. The summed E-state index contributed by atoms with van der Waals surface area (Å²) in [5, 5.41) is 13.9. The van der Waals surface area contributed by atoms with Crippen LogP contribution < -0.4 is 10.6 Å². The number of carbonyl (C=O) groups is 1. The third kappa shape index (κ3) is 1.76.